The van der Waals surface area contributed by atoms with Gasteiger partial charge in [-0.05, 0) is 38.2 Å². The quantitative estimate of drug-likeness (QED) is 0.888. The third kappa shape index (κ3) is 4.64. The second kappa shape index (κ2) is 6.81. The molecule has 102 valence electrons. The van der Waals surface area contributed by atoms with E-state index in [-0.39, 0.29) is 5.91 Å². The zero-order chi connectivity index (χ0) is 14.4. The first-order valence-electron chi connectivity index (χ1n) is 5.73. The van der Waals surface area contributed by atoms with Crippen molar-refractivity contribution in [2.24, 2.45) is 0 Å². The van der Waals surface area contributed by atoms with Gasteiger partial charge in [-0.1, -0.05) is 0 Å². The number of hydrogen-bond acceptors (Lipinski definition) is 3. The highest BCUT2D eigenvalue weighted by Crippen LogP contribution is 2.10. The van der Waals surface area contributed by atoms with Crippen molar-refractivity contribution in [1.29, 1.82) is 5.26 Å². The number of nitriles is 1. The Bertz CT molecular complexity index is 468. The summed E-state index contributed by atoms with van der Waals surface area (Å²) in [5.74, 6) is -0.368. The second-order valence-electron chi connectivity index (χ2n) is 4.19. The SMILES string of the molecule is CC(C(=O)Nc1ccc(C#N)cc1)N(C)CC(F)F. The molecule has 0 saturated carbocycles. The Labute approximate surface area is 110 Å². The molecule has 0 aliphatic rings. The molecule has 1 atom stereocenters. The maximum atomic E-state index is 12.2. The van der Waals surface area contributed by atoms with E-state index < -0.39 is 19.0 Å². The minimum absolute atomic E-state index is 0.368. The first-order chi connectivity index (χ1) is 8.93. The lowest BCUT2D eigenvalue weighted by Gasteiger charge is -2.23. The highest BCUT2D eigenvalue weighted by atomic mass is 19.3. The fourth-order valence-corrected chi connectivity index (χ4v) is 1.45. The van der Waals surface area contributed by atoms with Gasteiger partial charge < -0.3 is 5.32 Å². The number of carbonyl (C=O) groups excluding carboxylic acids is 1. The third-order valence-corrected chi connectivity index (χ3v) is 2.75. The Morgan fingerprint density at radius 1 is 1.42 bits per heavy atom. The van der Waals surface area contributed by atoms with Gasteiger partial charge in [-0.15, -0.1) is 0 Å². The summed E-state index contributed by atoms with van der Waals surface area (Å²) in [6.45, 7) is 1.10. The molecule has 19 heavy (non-hydrogen) atoms. The molecular formula is C13H15F2N3O. The number of carbonyl (C=O) groups is 1. The summed E-state index contributed by atoms with van der Waals surface area (Å²) < 4.78 is 24.4. The molecule has 1 aromatic rings. The van der Waals surface area contributed by atoms with Crippen LogP contribution in [0.5, 0.6) is 0 Å². The minimum Gasteiger partial charge on any atom is -0.325 e. The molecule has 1 rings (SSSR count). The lowest BCUT2D eigenvalue weighted by molar-refractivity contribution is -0.120. The van der Waals surface area contributed by atoms with E-state index in [0.717, 1.165) is 0 Å². The largest absolute Gasteiger partial charge is 0.325 e. The Balaban J connectivity index is 2.60. The molecule has 0 aliphatic carbocycles. The lowest BCUT2D eigenvalue weighted by atomic mass is 10.2. The maximum absolute atomic E-state index is 12.2. The smallest absolute Gasteiger partial charge is 0.251 e. The number of halogens is 2. The fourth-order valence-electron chi connectivity index (χ4n) is 1.45. The van der Waals surface area contributed by atoms with Crippen molar-refractivity contribution in [1.82, 2.24) is 4.90 Å². The van der Waals surface area contributed by atoms with Gasteiger partial charge in [0.25, 0.3) is 6.43 Å². The number of hydrogen-bond donors (Lipinski definition) is 1. The number of rotatable bonds is 5. The van der Waals surface area contributed by atoms with Crippen LogP contribution >= 0.6 is 0 Å². The van der Waals surface area contributed by atoms with Crippen molar-refractivity contribution >= 4 is 11.6 Å². The van der Waals surface area contributed by atoms with Gasteiger partial charge in [0.05, 0.1) is 24.2 Å². The van der Waals surface area contributed by atoms with Crippen LogP contribution in [0.4, 0.5) is 14.5 Å². The summed E-state index contributed by atoms with van der Waals surface area (Å²) in [6.07, 6.45) is -2.48. The van der Waals surface area contributed by atoms with E-state index in [0.29, 0.717) is 11.3 Å². The van der Waals surface area contributed by atoms with Crippen LogP contribution in [0.25, 0.3) is 0 Å². The van der Waals surface area contributed by atoms with Crippen LogP contribution in [0, 0.1) is 11.3 Å². The summed E-state index contributed by atoms with van der Waals surface area (Å²) >= 11 is 0. The number of nitrogens with zero attached hydrogens (tertiary/aromatic N) is 2. The molecule has 0 heterocycles. The molecule has 0 saturated heterocycles. The summed E-state index contributed by atoms with van der Waals surface area (Å²) in [6, 6.07) is 7.64. The van der Waals surface area contributed by atoms with Gasteiger partial charge in [0.2, 0.25) is 5.91 Å². The second-order valence-corrected chi connectivity index (χ2v) is 4.19. The highest BCUT2D eigenvalue weighted by molar-refractivity contribution is 5.94. The number of benzene rings is 1. The Hall–Kier alpha value is -2.00. The molecule has 0 aromatic heterocycles. The summed E-state index contributed by atoms with van der Waals surface area (Å²) in [4.78, 5) is 13.1. The van der Waals surface area contributed by atoms with Crippen LogP contribution in [0.15, 0.2) is 24.3 Å². The van der Waals surface area contributed by atoms with Gasteiger partial charge in [-0.25, -0.2) is 8.78 Å². The van der Waals surface area contributed by atoms with Crippen LogP contribution in [0.1, 0.15) is 12.5 Å². The number of alkyl halides is 2. The lowest BCUT2D eigenvalue weighted by Crippen LogP contribution is -2.41. The number of anilines is 1. The van der Waals surface area contributed by atoms with Crippen LogP contribution in [0.2, 0.25) is 0 Å². The van der Waals surface area contributed by atoms with E-state index in [4.69, 9.17) is 5.26 Å². The zero-order valence-electron chi connectivity index (χ0n) is 10.7. The average Bonchev–Trinajstić information content (AvgIpc) is 2.37. The van der Waals surface area contributed by atoms with Gasteiger partial charge in [-0.3, -0.25) is 9.69 Å². The summed E-state index contributed by atoms with van der Waals surface area (Å²) in [5.41, 5.74) is 1.02. The van der Waals surface area contributed by atoms with Gasteiger partial charge in [0.15, 0.2) is 0 Å². The maximum Gasteiger partial charge on any atom is 0.251 e. The van der Waals surface area contributed by atoms with Crippen LogP contribution < -0.4 is 5.32 Å². The van der Waals surface area contributed by atoms with E-state index in [1.165, 1.54) is 11.9 Å². The van der Waals surface area contributed by atoms with Crippen LogP contribution in [-0.2, 0) is 4.79 Å². The fraction of sp³-hybridized carbons (Fsp3) is 0.385. The molecule has 1 amide bonds. The normalized spacial score (nSPS) is 12.3. The van der Waals surface area contributed by atoms with Gasteiger partial charge in [0, 0.05) is 5.69 Å². The van der Waals surface area contributed by atoms with Crippen molar-refractivity contribution in [3.63, 3.8) is 0 Å². The average molecular weight is 267 g/mol. The number of nitrogens with one attached hydrogen (secondary N) is 1. The molecule has 1 unspecified atom stereocenters. The molecule has 1 aromatic carbocycles. The van der Waals surface area contributed by atoms with Crippen molar-refractivity contribution in [2.45, 2.75) is 19.4 Å². The molecule has 1 N–H and O–H groups in total. The van der Waals surface area contributed by atoms with Crippen molar-refractivity contribution in [3.8, 4) is 6.07 Å². The molecule has 4 nitrogen and oxygen atoms in total. The first kappa shape index (κ1) is 15.1. The topological polar surface area (TPSA) is 56.1 Å². The first-order valence-corrected chi connectivity index (χ1v) is 5.73. The Morgan fingerprint density at radius 3 is 2.47 bits per heavy atom. The molecule has 6 heteroatoms. The zero-order valence-corrected chi connectivity index (χ0v) is 10.7. The summed E-state index contributed by atoms with van der Waals surface area (Å²) in [7, 11) is 1.47. The Kier molecular flexibility index (Phi) is 5.39. The molecule has 0 bridgehead atoms. The van der Waals surface area contributed by atoms with Gasteiger partial charge in [0.1, 0.15) is 0 Å². The van der Waals surface area contributed by atoms with E-state index in [1.807, 2.05) is 6.07 Å². The predicted octanol–water partition coefficient (Wildman–Crippen LogP) is 2.08. The molecule has 0 fully saturated rings. The van der Waals surface area contributed by atoms with Crippen molar-refractivity contribution in [2.75, 3.05) is 18.9 Å². The van der Waals surface area contributed by atoms with Gasteiger partial charge in [-0.2, -0.15) is 5.26 Å². The molecule has 0 radical (unpaired) electrons. The minimum atomic E-state index is -2.48. The van der Waals surface area contributed by atoms with E-state index in [2.05, 4.69) is 5.32 Å². The van der Waals surface area contributed by atoms with Crippen molar-refractivity contribution < 1.29 is 13.6 Å². The summed E-state index contributed by atoms with van der Waals surface area (Å²) in [5, 5.41) is 11.3. The number of likely N-dealkylation sites (N-methyl/N-ethyl adjacent to an activating group) is 1. The molecule has 0 spiro atoms. The monoisotopic (exact) mass is 267 g/mol. The van der Waals surface area contributed by atoms with Crippen molar-refractivity contribution in [3.05, 3.63) is 29.8 Å². The van der Waals surface area contributed by atoms with E-state index in [9.17, 15) is 13.6 Å². The predicted molar refractivity (Wildman–Crippen MR) is 67.9 cm³/mol. The standard InChI is InChI=1S/C13H15F2N3O/c1-9(18(2)8-12(14)15)13(19)17-11-5-3-10(7-16)4-6-11/h3-6,9,12H,8H2,1-2H3,(H,17,19). The molecular weight excluding hydrogens is 252 g/mol. The highest BCUT2D eigenvalue weighted by Gasteiger charge is 2.20. The van der Waals surface area contributed by atoms with E-state index >= 15 is 0 Å². The van der Waals surface area contributed by atoms with Crippen LogP contribution in [0.3, 0.4) is 0 Å². The van der Waals surface area contributed by atoms with Gasteiger partial charge >= 0.3 is 0 Å². The Morgan fingerprint density at radius 2 is 2.00 bits per heavy atom. The van der Waals surface area contributed by atoms with Crippen LogP contribution in [-0.4, -0.2) is 36.9 Å². The number of amides is 1. The molecule has 0 aliphatic heterocycles. The van der Waals surface area contributed by atoms with E-state index in [1.54, 1.807) is 31.2 Å². The third-order valence-electron chi connectivity index (χ3n) is 2.75.